The Hall–Kier alpha value is -2.40. The largest absolute Gasteiger partial charge is 0.352 e. The summed E-state index contributed by atoms with van der Waals surface area (Å²) in [7, 11) is 0. The Bertz CT molecular complexity index is 992. The van der Waals surface area contributed by atoms with E-state index in [9.17, 15) is 4.79 Å². The van der Waals surface area contributed by atoms with E-state index in [2.05, 4.69) is 34.6 Å². The molecule has 0 unspecified atom stereocenters. The molecule has 1 aliphatic carbocycles. The molecule has 1 aliphatic rings. The lowest BCUT2D eigenvalue weighted by Crippen LogP contribution is -2.44. The third kappa shape index (κ3) is 4.45. The highest BCUT2D eigenvalue weighted by Gasteiger charge is 2.26. The van der Waals surface area contributed by atoms with Crippen molar-refractivity contribution in [1.29, 1.82) is 0 Å². The van der Waals surface area contributed by atoms with Crippen LogP contribution in [0.3, 0.4) is 0 Å². The molecule has 4 nitrogen and oxygen atoms in total. The first-order valence-electron chi connectivity index (χ1n) is 10.4. The van der Waals surface area contributed by atoms with Gasteiger partial charge in [-0.3, -0.25) is 4.79 Å². The topological polar surface area (TPSA) is 54.9 Å². The summed E-state index contributed by atoms with van der Waals surface area (Å²) in [6, 6.07) is 18.6. The minimum atomic E-state index is -0.218. The first-order chi connectivity index (χ1) is 14.1. The predicted molar refractivity (Wildman–Crippen MR) is 120 cm³/mol. The van der Waals surface area contributed by atoms with Gasteiger partial charge < -0.3 is 5.32 Å². The molecule has 0 radical (unpaired) electrons. The second-order valence-corrected chi connectivity index (χ2v) is 9.23. The first kappa shape index (κ1) is 19.9. The quantitative estimate of drug-likeness (QED) is 0.572. The smallest absolute Gasteiger partial charge is 0.233 e. The summed E-state index contributed by atoms with van der Waals surface area (Å²) in [5.74, 6) is 0.641. The van der Waals surface area contributed by atoms with E-state index in [0.29, 0.717) is 12.0 Å². The maximum absolute atomic E-state index is 12.8. The molecule has 29 heavy (non-hydrogen) atoms. The molecule has 1 aromatic heterocycles. The van der Waals surface area contributed by atoms with E-state index in [1.165, 1.54) is 31.0 Å². The lowest BCUT2D eigenvalue weighted by molar-refractivity contribution is -0.121. The van der Waals surface area contributed by atoms with Gasteiger partial charge in [0.25, 0.3) is 0 Å². The molecule has 1 amide bonds. The van der Waals surface area contributed by atoms with Crippen molar-refractivity contribution in [2.45, 2.75) is 55.8 Å². The molecule has 1 heterocycles. The molecule has 5 heteroatoms. The molecule has 150 valence electrons. The molecule has 0 aliphatic heterocycles. The molecule has 2 aromatic carbocycles. The van der Waals surface area contributed by atoms with Crippen molar-refractivity contribution in [2.24, 2.45) is 5.92 Å². The lowest BCUT2D eigenvalue weighted by Gasteiger charge is -2.30. The predicted octanol–water partition coefficient (Wildman–Crippen LogP) is 5.47. The van der Waals surface area contributed by atoms with Crippen LogP contribution in [0.1, 0.15) is 39.5 Å². The standard InChI is InChI=1S/C24H27N3OS/c1-16-10-6-9-15-21(16)25-23(28)17(2)29-24-20-14-8-7-13-19(20)22(26-27-24)18-11-4-3-5-12-18/h3-5,7-8,11-14,16-17,21H,6,9-10,15H2,1-2H3,(H,25,28)/t16-,17+,21+/m0/s1. The number of nitrogens with one attached hydrogen (secondary N) is 1. The Labute approximate surface area is 176 Å². The molecule has 3 aromatic rings. The van der Waals surface area contributed by atoms with Crippen molar-refractivity contribution in [1.82, 2.24) is 15.5 Å². The number of hydrogen-bond acceptors (Lipinski definition) is 4. The minimum Gasteiger partial charge on any atom is -0.352 e. The Morgan fingerprint density at radius 2 is 1.69 bits per heavy atom. The summed E-state index contributed by atoms with van der Waals surface area (Å²) in [6.07, 6.45) is 4.75. The van der Waals surface area contributed by atoms with Gasteiger partial charge in [-0.1, -0.05) is 86.1 Å². The lowest BCUT2D eigenvalue weighted by atomic mass is 9.86. The first-order valence-corrected chi connectivity index (χ1v) is 11.3. The number of rotatable bonds is 5. The van der Waals surface area contributed by atoms with Crippen molar-refractivity contribution in [2.75, 3.05) is 0 Å². The van der Waals surface area contributed by atoms with Gasteiger partial charge in [0.1, 0.15) is 10.7 Å². The number of thioether (sulfide) groups is 1. The van der Waals surface area contributed by atoms with E-state index >= 15 is 0 Å². The molecule has 4 rings (SSSR count). The fourth-order valence-electron chi connectivity index (χ4n) is 4.03. The van der Waals surface area contributed by atoms with Crippen LogP contribution in [0.15, 0.2) is 59.6 Å². The number of benzene rings is 2. The van der Waals surface area contributed by atoms with Crippen molar-refractivity contribution in [3.05, 3.63) is 54.6 Å². The van der Waals surface area contributed by atoms with Crippen LogP contribution < -0.4 is 5.32 Å². The molecule has 1 fully saturated rings. The van der Waals surface area contributed by atoms with Gasteiger partial charge >= 0.3 is 0 Å². The number of carbonyl (C=O) groups is 1. The number of amides is 1. The Morgan fingerprint density at radius 1 is 1.00 bits per heavy atom. The van der Waals surface area contributed by atoms with Crippen LogP contribution in [0.25, 0.3) is 22.0 Å². The highest BCUT2D eigenvalue weighted by atomic mass is 32.2. The van der Waals surface area contributed by atoms with Gasteiger partial charge in [-0.15, -0.1) is 10.2 Å². The number of hydrogen-bond donors (Lipinski definition) is 1. The van der Waals surface area contributed by atoms with Gasteiger partial charge in [-0.25, -0.2) is 0 Å². The zero-order valence-corrected chi connectivity index (χ0v) is 17.8. The van der Waals surface area contributed by atoms with Gasteiger partial charge in [0.15, 0.2) is 0 Å². The van der Waals surface area contributed by atoms with Gasteiger partial charge in [0.2, 0.25) is 5.91 Å². The summed E-state index contributed by atoms with van der Waals surface area (Å²) >= 11 is 1.49. The number of aromatic nitrogens is 2. The summed E-state index contributed by atoms with van der Waals surface area (Å²) in [5, 5.41) is 15.0. The molecule has 0 saturated heterocycles. The van der Waals surface area contributed by atoms with Gasteiger partial charge in [0, 0.05) is 22.4 Å². The van der Waals surface area contributed by atoms with Crippen molar-refractivity contribution >= 4 is 28.4 Å². The third-order valence-corrected chi connectivity index (χ3v) is 6.89. The number of carbonyl (C=O) groups excluding carboxylic acids is 1. The van der Waals surface area contributed by atoms with E-state index in [1.54, 1.807) is 0 Å². The fraction of sp³-hybridized carbons (Fsp3) is 0.375. The highest BCUT2D eigenvalue weighted by Crippen LogP contribution is 2.33. The van der Waals surface area contributed by atoms with Crippen LogP contribution >= 0.6 is 11.8 Å². The summed E-state index contributed by atoms with van der Waals surface area (Å²) < 4.78 is 0. The molecule has 0 spiro atoms. The number of nitrogens with zero attached hydrogens (tertiary/aromatic N) is 2. The average Bonchev–Trinajstić information content (AvgIpc) is 2.76. The highest BCUT2D eigenvalue weighted by molar-refractivity contribution is 8.00. The van der Waals surface area contributed by atoms with Gasteiger partial charge in [-0.05, 0) is 25.7 Å². The van der Waals surface area contributed by atoms with E-state index < -0.39 is 0 Å². The molecule has 0 bridgehead atoms. The summed E-state index contributed by atoms with van der Waals surface area (Å²) in [4.78, 5) is 12.8. The molecule has 1 N–H and O–H groups in total. The summed E-state index contributed by atoms with van der Waals surface area (Å²) in [5.41, 5.74) is 1.92. The minimum absolute atomic E-state index is 0.0896. The van der Waals surface area contributed by atoms with E-state index in [0.717, 1.165) is 33.5 Å². The van der Waals surface area contributed by atoms with E-state index in [1.807, 2.05) is 49.4 Å². The fourth-order valence-corrected chi connectivity index (χ4v) is 4.93. The number of fused-ring (bicyclic) bond motifs is 1. The Morgan fingerprint density at radius 3 is 2.45 bits per heavy atom. The van der Waals surface area contributed by atoms with Crippen LogP contribution in [0.4, 0.5) is 0 Å². The van der Waals surface area contributed by atoms with Crippen LogP contribution in [0.2, 0.25) is 0 Å². The molecule has 3 atom stereocenters. The SMILES string of the molecule is C[C@@H](Sc1nnc(-c2ccccc2)c2ccccc12)C(=O)N[C@@H]1CCCC[C@@H]1C. The van der Waals surface area contributed by atoms with Gasteiger partial charge in [0.05, 0.1) is 5.25 Å². The monoisotopic (exact) mass is 405 g/mol. The average molecular weight is 406 g/mol. The Kier molecular flexibility index (Phi) is 6.14. The third-order valence-electron chi connectivity index (χ3n) is 5.80. The second kappa shape index (κ2) is 8.95. The van der Waals surface area contributed by atoms with Crippen LogP contribution in [0, 0.1) is 5.92 Å². The van der Waals surface area contributed by atoms with Crippen molar-refractivity contribution < 1.29 is 4.79 Å². The molecule has 1 saturated carbocycles. The zero-order chi connectivity index (χ0) is 20.2. The normalized spacial score (nSPS) is 20.3. The maximum atomic E-state index is 12.8. The van der Waals surface area contributed by atoms with Gasteiger partial charge in [-0.2, -0.15) is 0 Å². The van der Waals surface area contributed by atoms with Crippen LogP contribution in [-0.2, 0) is 4.79 Å². The van der Waals surface area contributed by atoms with Crippen LogP contribution in [0.5, 0.6) is 0 Å². The Balaban J connectivity index is 1.56. The summed E-state index contributed by atoms with van der Waals surface area (Å²) in [6.45, 7) is 4.19. The molecular weight excluding hydrogens is 378 g/mol. The van der Waals surface area contributed by atoms with Crippen molar-refractivity contribution in [3.63, 3.8) is 0 Å². The van der Waals surface area contributed by atoms with Crippen LogP contribution in [-0.4, -0.2) is 27.4 Å². The second-order valence-electron chi connectivity index (χ2n) is 7.90. The van der Waals surface area contributed by atoms with E-state index in [-0.39, 0.29) is 11.2 Å². The van der Waals surface area contributed by atoms with E-state index in [4.69, 9.17) is 0 Å². The zero-order valence-electron chi connectivity index (χ0n) is 17.0. The van der Waals surface area contributed by atoms with Crippen molar-refractivity contribution in [3.8, 4) is 11.3 Å². The molecular formula is C24H27N3OS. The maximum Gasteiger partial charge on any atom is 0.233 e.